The number of nitrogens with zero attached hydrogens (tertiary/aromatic N) is 1. The van der Waals surface area contributed by atoms with Gasteiger partial charge in [-0.2, -0.15) is 0 Å². The summed E-state index contributed by atoms with van der Waals surface area (Å²) in [4.78, 5) is 26.3. The highest BCUT2D eigenvalue weighted by Gasteiger charge is 2.65. The largest absolute Gasteiger partial charge is 0.449 e. The van der Waals surface area contributed by atoms with Crippen molar-refractivity contribution in [2.24, 2.45) is 0 Å². The molecule has 2 amide bonds. The fourth-order valence-electron chi connectivity index (χ4n) is 5.61. The number of nitrogens with one attached hydrogen (secondary N) is 1. The molecule has 1 N–H and O–H groups in total. The van der Waals surface area contributed by atoms with Gasteiger partial charge in [0, 0.05) is 19.4 Å². The maximum Gasteiger partial charge on any atom is 0.410 e. The summed E-state index contributed by atoms with van der Waals surface area (Å²) in [5.41, 5.74) is -0.645. The van der Waals surface area contributed by atoms with E-state index in [1.165, 1.54) is 10.5 Å². The lowest BCUT2D eigenvalue weighted by atomic mass is 9.75. The monoisotopic (exact) mass is 494 g/mol. The van der Waals surface area contributed by atoms with E-state index in [0.717, 1.165) is 32.1 Å². The Balaban J connectivity index is 1.47. The molecule has 7 nitrogen and oxygen atoms in total. The van der Waals surface area contributed by atoms with Gasteiger partial charge in [0.15, 0.2) is 0 Å². The number of unbranched alkanes of at least 4 members (excludes halogenated alkanes) is 1. The molecule has 1 aromatic carbocycles. The zero-order chi connectivity index (χ0) is 24.9. The number of alkyl halides is 2. The van der Waals surface area contributed by atoms with E-state index in [-0.39, 0.29) is 38.9 Å². The van der Waals surface area contributed by atoms with Crippen molar-refractivity contribution >= 4 is 12.2 Å². The molecule has 0 aromatic heterocycles. The normalized spacial score (nSPS) is 30.4. The van der Waals surface area contributed by atoms with E-state index in [4.69, 9.17) is 14.2 Å². The molecule has 2 saturated heterocycles. The number of alkyl carbamates (subject to hydrolysis) is 1. The molecule has 1 saturated carbocycles. The van der Waals surface area contributed by atoms with Gasteiger partial charge in [-0.15, -0.1) is 0 Å². The summed E-state index contributed by atoms with van der Waals surface area (Å²) in [6.45, 7) is 1.80. The van der Waals surface area contributed by atoms with Gasteiger partial charge in [0.05, 0.1) is 32.0 Å². The van der Waals surface area contributed by atoms with E-state index in [1.807, 2.05) is 25.1 Å². The van der Waals surface area contributed by atoms with Gasteiger partial charge in [-0.05, 0) is 43.6 Å². The Hall–Kier alpha value is -2.42. The zero-order valence-electron chi connectivity index (χ0n) is 20.3. The van der Waals surface area contributed by atoms with Crippen LogP contribution in [0.2, 0.25) is 0 Å². The average Bonchev–Trinajstić information content (AvgIpc) is 2.86. The molecule has 9 heteroatoms. The zero-order valence-corrected chi connectivity index (χ0v) is 20.3. The third-order valence-corrected chi connectivity index (χ3v) is 7.71. The molecule has 1 aromatic rings. The van der Waals surface area contributed by atoms with Gasteiger partial charge >= 0.3 is 12.2 Å². The van der Waals surface area contributed by atoms with Crippen molar-refractivity contribution in [2.45, 2.75) is 87.8 Å². The molecule has 3 fully saturated rings. The van der Waals surface area contributed by atoms with Crippen LogP contribution >= 0.6 is 0 Å². The summed E-state index contributed by atoms with van der Waals surface area (Å²) in [5.74, 6) is -2.76. The van der Waals surface area contributed by atoms with Crippen LogP contribution in [0.4, 0.5) is 18.4 Å². The Bertz CT molecular complexity index is 863. The molecule has 4 rings (SSSR count). The highest BCUT2D eigenvalue weighted by Crippen LogP contribution is 2.45. The average molecular weight is 495 g/mol. The molecule has 35 heavy (non-hydrogen) atoms. The molecule has 3 aliphatic rings. The maximum atomic E-state index is 15.4. The molecular weight excluding hydrogens is 458 g/mol. The Kier molecular flexibility index (Phi) is 8.14. The summed E-state index contributed by atoms with van der Waals surface area (Å²) < 4.78 is 47.3. The van der Waals surface area contributed by atoms with Crippen molar-refractivity contribution in [2.75, 3.05) is 26.4 Å². The lowest BCUT2D eigenvalue weighted by molar-refractivity contribution is -0.181. The number of benzene rings is 1. The van der Waals surface area contributed by atoms with Crippen LogP contribution in [0.15, 0.2) is 30.3 Å². The fourth-order valence-corrected chi connectivity index (χ4v) is 5.61. The Morgan fingerprint density at radius 3 is 2.60 bits per heavy atom. The van der Waals surface area contributed by atoms with Crippen LogP contribution in [0.3, 0.4) is 0 Å². The van der Waals surface area contributed by atoms with Crippen LogP contribution < -0.4 is 5.32 Å². The van der Waals surface area contributed by atoms with Crippen molar-refractivity contribution in [3.8, 4) is 0 Å². The number of piperidine rings is 1. The first-order chi connectivity index (χ1) is 16.9. The number of halogens is 2. The third-order valence-electron chi connectivity index (χ3n) is 7.71. The Morgan fingerprint density at radius 1 is 1.17 bits per heavy atom. The van der Waals surface area contributed by atoms with E-state index in [0.29, 0.717) is 12.3 Å². The number of cyclic esters (lactones) is 1. The third kappa shape index (κ3) is 5.55. The van der Waals surface area contributed by atoms with Crippen molar-refractivity contribution < 1.29 is 32.6 Å². The molecule has 194 valence electrons. The number of amides is 2. The number of hydrogen-bond acceptors (Lipinski definition) is 5. The van der Waals surface area contributed by atoms with Gasteiger partial charge in [-0.25, -0.2) is 18.4 Å². The van der Waals surface area contributed by atoms with Crippen LogP contribution in [-0.2, 0) is 14.2 Å². The lowest BCUT2D eigenvalue weighted by Gasteiger charge is -2.54. The summed E-state index contributed by atoms with van der Waals surface area (Å²) in [5, 5.41) is 2.40. The number of hydrogen-bond donors (Lipinski definition) is 1. The summed E-state index contributed by atoms with van der Waals surface area (Å²) >= 11 is 0. The number of carbonyl (C=O) groups is 2. The van der Waals surface area contributed by atoms with E-state index < -0.39 is 36.1 Å². The van der Waals surface area contributed by atoms with Gasteiger partial charge in [0.1, 0.15) is 5.54 Å². The second-order valence-electron chi connectivity index (χ2n) is 9.83. The minimum atomic E-state index is -3.22. The van der Waals surface area contributed by atoms with E-state index in [9.17, 15) is 9.59 Å². The van der Waals surface area contributed by atoms with Gasteiger partial charge in [0.2, 0.25) is 0 Å². The van der Waals surface area contributed by atoms with Crippen LogP contribution in [-0.4, -0.2) is 67.1 Å². The molecule has 1 spiro atoms. The number of likely N-dealkylation sites (tertiary alicyclic amines) is 1. The number of ether oxygens (including phenoxy) is 3. The second-order valence-corrected chi connectivity index (χ2v) is 9.83. The fraction of sp³-hybridized carbons (Fsp3) is 0.692. The lowest BCUT2D eigenvalue weighted by Crippen LogP contribution is -2.77. The first-order valence-corrected chi connectivity index (χ1v) is 12.8. The molecule has 2 aliphatic heterocycles. The molecule has 2 heterocycles. The molecule has 2 unspecified atom stereocenters. The predicted molar refractivity (Wildman–Crippen MR) is 126 cm³/mol. The van der Waals surface area contributed by atoms with Crippen molar-refractivity contribution in [1.29, 1.82) is 0 Å². The SMILES string of the molecule is CCCCOC(=O)N1CCC(F)(F)C2(CCOC(=O)N2)C1COC1CCC(c2ccccc2)CC1. The second kappa shape index (κ2) is 11.1. The van der Waals surface area contributed by atoms with Gasteiger partial charge in [-0.1, -0.05) is 43.7 Å². The van der Waals surface area contributed by atoms with Crippen molar-refractivity contribution in [1.82, 2.24) is 10.2 Å². The van der Waals surface area contributed by atoms with Crippen LogP contribution in [0.5, 0.6) is 0 Å². The van der Waals surface area contributed by atoms with Crippen LogP contribution in [0, 0.1) is 0 Å². The van der Waals surface area contributed by atoms with E-state index in [2.05, 4.69) is 17.4 Å². The molecular formula is C26H36F2N2O5. The van der Waals surface area contributed by atoms with Crippen LogP contribution in [0.25, 0.3) is 0 Å². The number of rotatable bonds is 7. The van der Waals surface area contributed by atoms with Gasteiger partial charge in [-0.3, -0.25) is 0 Å². The molecule has 1 aliphatic carbocycles. The first kappa shape index (κ1) is 25.7. The highest BCUT2D eigenvalue weighted by molar-refractivity contribution is 5.72. The van der Waals surface area contributed by atoms with Gasteiger partial charge in [0.25, 0.3) is 5.92 Å². The van der Waals surface area contributed by atoms with Crippen molar-refractivity contribution in [3.05, 3.63) is 35.9 Å². The summed E-state index contributed by atoms with van der Waals surface area (Å²) in [7, 11) is 0. The molecule has 2 atom stereocenters. The summed E-state index contributed by atoms with van der Waals surface area (Å²) in [6.07, 6.45) is 2.77. The van der Waals surface area contributed by atoms with Crippen LogP contribution in [0.1, 0.15) is 69.8 Å². The maximum absolute atomic E-state index is 15.4. The minimum Gasteiger partial charge on any atom is -0.449 e. The quantitative estimate of drug-likeness (QED) is 0.525. The van der Waals surface area contributed by atoms with E-state index in [1.54, 1.807) is 0 Å². The van der Waals surface area contributed by atoms with E-state index >= 15 is 8.78 Å². The van der Waals surface area contributed by atoms with Crippen molar-refractivity contribution in [3.63, 3.8) is 0 Å². The van der Waals surface area contributed by atoms with Gasteiger partial charge < -0.3 is 24.4 Å². The first-order valence-electron chi connectivity index (χ1n) is 12.8. The Labute approximate surface area is 205 Å². The predicted octanol–water partition coefficient (Wildman–Crippen LogP) is 5.24. The topological polar surface area (TPSA) is 77.1 Å². The number of carbonyl (C=O) groups excluding carboxylic acids is 2. The smallest absolute Gasteiger partial charge is 0.410 e. The highest BCUT2D eigenvalue weighted by atomic mass is 19.3. The standard InChI is InChI=1S/C26H36F2N2O5/c1-2-3-16-34-24(32)30-15-13-26(27,28)25(14-17-33-23(31)29-25)22(30)18-35-21-11-9-20(10-12-21)19-7-5-4-6-8-19/h4-8,20-22H,2-3,9-18H2,1H3,(H,29,31). The Morgan fingerprint density at radius 2 is 1.91 bits per heavy atom. The molecule has 0 bridgehead atoms. The molecule has 0 radical (unpaired) electrons. The summed E-state index contributed by atoms with van der Waals surface area (Å²) in [6, 6.07) is 9.29. The minimum absolute atomic E-state index is 0.0870.